The largest absolute Gasteiger partial charge is 0.365 e. The van der Waals surface area contributed by atoms with E-state index < -0.39 is 5.82 Å². The molecule has 2 atom stereocenters. The van der Waals surface area contributed by atoms with Gasteiger partial charge in [-0.1, -0.05) is 6.08 Å². The number of anilines is 1. The van der Waals surface area contributed by atoms with E-state index >= 15 is 0 Å². The zero-order chi connectivity index (χ0) is 23.4. The molecule has 9 nitrogen and oxygen atoms in total. The smallest absolute Gasteiger partial charge is 0.334 e. The lowest BCUT2D eigenvalue weighted by Crippen LogP contribution is -2.55. The first-order valence-electron chi connectivity index (χ1n) is 10.9. The molecule has 2 amide bonds. The quantitative estimate of drug-likeness (QED) is 0.233. The molecule has 33 heavy (non-hydrogen) atoms. The van der Waals surface area contributed by atoms with E-state index in [1.54, 1.807) is 22.9 Å². The van der Waals surface area contributed by atoms with Crippen molar-refractivity contribution in [2.75, 3.05) is 43.5 Å². The van der Waals surface area contributed by atoms with E-state index in [-0.39, 0.29) is 23.3 Å². The van der Waals surface area contributed by atoms with Gasteiger partial charge in [-0.15, -0.1) is 11.6 Å². The summed E-state index contributed by atoms with van der Waals surface area (Å²) in [4.78, 5) is 30.7. The molecule has 0 saturated carbocycles. The number of nitrogens with two attached hydrogens (primary N) is 1. The van der Waals surface area contributed by atoms with Crippen molar-refractivity contribution in [3.63, 3.8) is 0 Å². The Bertz CT molecular complexity index is 1110. The molecule has 1 unspecified atom stereocenters. The van der Waals surface area contributed by atoms with E-state index in [1.165, 1.54) is 5.01 Å². The van der Waals surface area contributed by atoms with Crippen molar-refractivity contribution in [3.05, 3.63) is 28.9 Å². The second kappa shape index (κ2) is 10.7. The van der Waals surface area contributed by atoms with Crippen molar-refractivity contribution in [3.8, 4) is 11.4 Å². The van der Waals surface area contributed by atoms with Gasteiger partial charge in [0.15, 0.2) is 17.5 Å². The summed E-state index contributed by atoms with van der Waals surface area (Å²) in [6.45, 7) is 1.98. The number of H-pyrrole nitrogens is 1. The van der Waals surface area contributed by atoms with Crippen molar-refractivity contribution in [2.24, 2.45) is 10.8 Å². The van der Waals surface area contributed by atoms with Crippen LogP contribution in [0.5, 0.6) is 0 Å². The molecule has 0 spiro atoms. The lowest BCUT2D eigenvalue weighted by Gasteiger charge is -2.38. The van der Waals surface area contributed by atoms with Crippen molar-refractivity contribution < 1.29 is 9.18 Å². The first-order valence-corrected chi connectivity index (χ1v) is 12.8. The summed E-state index contributed by atoms with van der Waals surface area (Å²) < 4.78 is 14.5. The highest BCUT2D eigenvalue weighted by atomic mass is 35.5. The molecule has 4 heterocycles. The number of carbonyl (C=O) groups is 1. The normalized spacial score (nSPS) is 19.9. The fourth-order valence-electron chi connectivity index (χ4n) is 4.07. The van der Waals surface area contributed by atoms with Gasteiger partial charge in [0.05, 0.1) is 24.2 Å². The van der Waals surface area contributed by atoms with Crippen molar-refractivity contribution in [1.82, 2.24) is 24.9 Å². The average Bonchev–Trinajstić information content (AvgIpc) is 3.24. The Labute approximate surface area is 200 Å². The van der Waals surface area contributed by atoms with Crippen molar-refractivity contribution in [2.45, 2.75) is 30.7 Å². The summed E-state index contributed by atoms with van der Waals surface area (Å²) in [5.41, 5.74) is 1.43. The van der Waals surface area contributed by atoms with Gasteiger partial charge in [0, 0.05) is 42.4 Å². The molecule has 4 N–H and O–H groups in total. The molecule has 0 aliphatic carbocycles. The van der Waals surface area contributed by atoms with Gasteiger partial charge in [-0.2, -0.15) is 11.8 Å². The van der Waals surface area contributed by atoms with Crippen LogP contribution < -0.4 is 21.9 Å². The van der Waals surface area contributed by atoms with Crippen molar-refractivity contribution in [1.29, 1.82) is 0 Å². The van der Waals surface area contributed by atoms with Crippen LogP contribution >= 0.6 is 23.4 Å². The number of hydrazine groups is 1. The fourth-order valence-corrected chi connectivity index (χ4v) is 4.64. The maximum atomic E-state index is 14.5. The lowest BCUT2D eigenvalue weighted by molar-refractivity contribution is 0.121. The summed E-state index contributed by atoms with van der Waals surface area (Å²) in [6.07, 6.45) is 9.51. The summed E-state index contributed by atoms with van der Waals surface area (Å²) in [7, 11) is 0. The van der Waals surface area contributed by atoms with Crippen LogP contribution in [-0.2, 0) is 0 Å². The first kappa shape index (κ1) is 23.8. The SMILES string of the molecule is CSCCN(N)C(=O)N1CCCC[C@@H]1CNc1nc(-c2c[nH]c3c2=CC(Cl)CN=3)ncc1F. The molecule has 2 aromatic heterocycles. The van der Waals surface area contributed by atoms with E-state index in [4.69, 9.17) is 17.4 Å². The van der Waals surface area contributed by atoms with E-state index in [0.717, 1.165) is 36.4 Å². The Hall–Kier alpha value is -2.37. The van der Waals surface area contributed by atoms with Gasteiger partial charge in [-0.05, 0) is 25.5 Å². The molecule has 12 heteroatoms. The topological polar surface area (TPSA) is 116 Å². The standard InChI is InChI=1S/C21H28ClFN8OS/c1-33-7-6-31(24)21(32)30-5-3-2-4-14(30)10-26-20-17(23)12-28-19(29-20)16-11-27-18-15(16)8-13(22)9-25-18/h8,11-14H,2-7,9-10,24H2,1H3,(H,25,27)(H,26,28,29)/t13?,14-/m1/s1. The highest BCUT2D eigenvalue weighted by molar-refractivity contribution is 7.98. The van der Waals surface area contributed by atoms with E-state index in [9.17, 15) is 9.18 Å². The van der Waals surface area contributed by atoms with Gasteiger partial charge in [0.2, 0.25) is 0 Å². The zero-order valence-electron chi connectivity index (χ0n) is 18.4. The molecule has 1 fully saturated rings. The maximum absolute atomic E-state index is 14.5. The van der Waals surface area contributed by atoms with E-state index in [0.29, 0.717) is 43.1 Å². The number of piperidine rings is 1. The number of aromatic nitrogens is 3. The molecule has 1 saturated heterocycles. The molecular weight excluding hydrogens is 467 g/mol. The summed E-state index contributed by atoms with van der Waals surface area (Å²) >= 11 is 7.85. The van der Waals surface area contributed by atoms with E-state index in [2.05, 4.69) is 25.3 Å². The first-order chi connectivity index (χ1) is 16.0. The number of urea groups is 1. The van der Waals surface area contributed by atoms with E-state index in [1.807, 2.05) is 12.3 Å². The molecule has 0 bridgehead atoms. The third-order valence-corrected chi connectivity index (χ3v) is 6.67. The van der Waals surface area contributed by atoms with Crippen LogP contribution in [0.2, 0.25) is 0 Å². The highest BCUT2D eigenvalue weighted by Gasteiger charge is 2.29. The van der Waals surface area contributed by atoms with Crippen LogP contribution in [0.3, 0.4) is 0 Å². The Kier molecular flexibility index (Phi) is 7.71. The number of likely N-dealkylation sites (tertiary alicyclic amines) is 1. The molecular formula is C21H28ClFN8OS. The number of rotatable bonds is 7. The molecule has 4 rings (SSSR count). The minimum atomic E-state index is -0.554. The third kappa shape index (κ3) is 5.42. The van der Waals surface area contributed by atoms with Gasteiger partial charge in [-0.25, -0.2) is 25.0 Å². The molecule has 2 aromatic rings. The monoisotopic (exact) mass is 494 g/mol. The Morgan fingerprint density at radius 3 is 3.15 bits per heavy atom. The number of halogens is 2. The van der Waals surface area contributed by atoms with Crippen LogP contribution in [-0.4, -0.2) is 80.5 Å². The molecule has 2 aliphatic rings. The number of nitrogens with one attached hydrogen (secondary N) is 2. The summed E-state index contributed by atoms with van der Waals surface area (Å²) in [6, 6.07) is -0.304. The number of hydrogen-bond donors (Lipinski definition) is 3. The molecule has 2 aliphatic heterocycles. The average molecular weight is 495 g/mol. The summed E-state index contributed by atoms with van der Waals surface area (Å²) in [5, 5.41) is 4.96. The number of hydrogen-bond acceptors (Lipinski definition) is 7. The molecule has 0 aromatic carbocycles. The summed E-state index contributed by atoms with van der Waals surface area (Å²) in [5.74, 6) is 6.65. The number of nitrogens with zero attached hydrogens (tertiary/aromatic N) is 5. The number of thioether (sulfide) groups is 1. The second-order valence-electron chi connectivity index (χ2n) is 8.07. The minimum Gasteiger partial charge on any atom is -0.365 e. The fraction of sp³-hybridized carbons (Fsp3) is 0.524. The van der Waals surface area contributed by atoms with Gasteiger partial charge >= 0.3 is 6.03 Å². The Morgan fingerprint density at radius 2 is 2.33 bits per heavy atom. The predicted octanol–water partition coefficient (Wildman–Crippen LogP) is 1.56. The van der Waals surface area contributed by atoms with Crippen LogP contribution in [0.4, 0.5) is 15.0 Å². The Balaban J connectivity index is 1.50. The van der Waals surface area contributed by atoms with Gasteiger partial charge in [0.1, 0.15) is 5.49 Å². The van der Waals surface area contributed by atoms with Crippen LogP contribution in [0.25, 0.3) is 17.5 Å². The van der Waals surface area contributed by atoms with Crippen LogP contribution in [0, 0.1) is 5.82 Å². The molecule has 0 radical (unpaired) electrons. The number of carbonyl (C=O) groups excluding carboxylic acids is 1. The van der Waals surface area contributed by atoms with Gasteiger partial charge in [0.25, 0.3) is 0 Å². The Morgan fingerprint density at radius 1 is 1.48 bits per heavy atom. The lowest BCUT2D eigenvalue weighted by atomic mass is 10.0. The van der Waals surface area contributed by atoms with Gasteiger partial charge < -0.3 is 15.2 Å². The van der Waals surface area contributed by atoms with Crippen LogP contribution in [0.15, 0.2) is 17.4 Å². The third-order valence-electron chi connectivity index (χ3n) is 5.81. The zero-order valence-corrected chi connectivity index (χ0v) is 20.0. The minimum absolute atomic E-state index is 0.0927. The number of alkyl halides is 1. The number of amides is 2. The molecule has 178 valence electrons. The van der Waals surface area contributed by atoms with Crippen molar-refractivity contribution >= 4 is 41.3 Å². The maximum Gasteiger partial charge on any atom is 0.334 e. The van der Waals surface area contributed by atoms with Gasteiger partial charge in [-0.3, -0.25) is 10.0 Å². The second-order valence-corrected chi connectivity index (χ2v) is 9.62. The number of fused-ring (bicyclic) bond motifs is 1. The van der Waals surface area contributed by atoms with Crippen LogP contribution in [0.1, 0.15) is 19.3 Å². The number of aromatic amines is 1. The highest BCUT2D eigenvalue weighted by Crippen LogP contribution is 2.21. The predicted molar refractivity (Wildman–Crippen MR) is 129 cm³/mol.